The summed E-state index contributed by atoms with van der Waals surface area (Å²) in [5.74, 6) is 1.03. The Hall–Kier alpha value is -1.81. The third-order valence-electron chi connectivity index (χ3n) is 4.35. The predicted octanol–water partition coefficient (Wildman–Crippen LogP) is 3.64. The molecule has 0 atom stereocenters. The van der Waals surface area contributed by atoms with Crippen molar-refractivity contribution < 1.29 is 4.79 Å². The highest BCUT2D eigenvalue weighted by atomic mass is 127. The first-order valence-corrected chi connectivity index (χ1v) is 10.2. The van der Waals surface area contributed by atoms with Gasteiger partial charge in [0.2, 0.25) is 0 Å². The molecule has 0 aliphatic heterocycles. The molecule has 0 spiro atoms. The molecule has 0 saturated heterocycles. The molecule has 7 nitrogen and oxygen atoms in total. The Bertz CT molecular complexity index is 835. The van der Waals surface area contributed by atoms with Gasteiger partial charge in [-0.1, -0.05) is 25.4 Å². The minimum Gasteiger partial charge on any atom is -0.357 e. The van der Waals surface area contributed by atoms with Crippen LogP contribution in [0.1, 0.15) is 48.3 Å². The fourth-order valence-electron chi connectivity index (χ4n) is 3.00. The van der Waals surface area contributed by atoms with Crippen molar-refractivity contribution in [1.82, 2.24) is 25.3 Å². The molecule has 2 aromatic rings. The number of carbonyl (C=O) groups is 1. The van der Waals surface area contributed by atoms with Crippen LogP contribution in [-0.2, 0) is 13.6 Å². The number of guanidine groups is 1. The number of nitrogens with one attached hydrogen (secondary N) is 2. The molecule has 0 fully saturated rings. The third kappa shape index (κ3) is 7.79. The molecule has 0 radical (unpaired) electrons. The quantitative estimate of drug-likeness (QED) is 0.229. The lowest BCUT2D eigenvalue weighted by molar-refractivity contribution is 0.0955. The zero-order valence-electron chi connectivity index (χ0n) is 18.3. The Labute approximate surface area is 201 Å². The highest BCUT2D eigenvalue weighted by Gasteiger charge is 2.15. The summed E-state index contributed by atoms with van der Waals surface area (Å²) in [6.45, 7) is 8.75. The smallest absolute Gasteiger partial charge is 0.251 e. The highest BCUT2D eigenvalue weighted by molar-refractivity contribution is 14.0. The van der Waals surface area contributed by atoms with Crippen LogP contribution in [0, 0.1) is 0 Å². The fraction of sp³-hybridized carbons (Fsp3) is 0.476. The van der Waals surface area contributed by atoms with Gasteiger partial charge in [-0.05, 0) is 37.1 Å². The van der Waals surface area contributed by atoms with Gasteiger partial charge in [-0.15, -0.1) is 24.0 Å². The minimum atomic E-state index is -0.132. The molecule has 1 aromatic carbocycles. The van der Waals surface area contributed by atoms with E-state index in [1.165, 1.54) is 5.56 Å². The molecule has 0 saturated carbocycles. The van der Waals surface area contributed by atoms with Crippen molar-refractivity contribution in [2.45, 2.75) is 33.2 Å². The van der Waals surface area contributed by atoms with Crippen LogP contribution in [0.4, 0.5) is 0 Å². The van der Waals surface area contributed by atoms with Crippen molar-refractivity contribution in [2.75, 3.05) is 26.7 Å². The maximum absolute atomic E-state index is 12.2. The van der Waals surface area contributed by atoms with Crippen LogP contribution in [0.25, 0.3) is 0 Å². The van der Waals surface area contributed by atoms with E-state index in [-0.39, 0.29) is 29.9 Å². The number of hydrogen-bond donors (Lipinski definition) is 2. The summed E-state index contributed by atoms with van der Waals surface area (Å²) in [4.78, 5) is 18.9. The molecule has 1 heterocycles. The summed E-state index contributed by atoms with van der Waals surface area (Å²) in [6.07, 6.45) is 2.06. The summed E-state index contributed by atoms with van der Waals surface area (Å²) in [6, 6.07) is 6.82. The lowest BCUT2D eigenvalue weighted by atomic mass is 10.1. The first-order valence-electron chi connectivity index (χ1n) is 9.87. The Kier molecular flexibility index (Phi) is 11.2. The summed E-state index contributed by atoms with van der Waals surface area (Å²) in [5.41, 5.74) is 2.87. The second-order valence-electron chi connectivity index (χ2n) is 7.22. The van der Waals surface area contributed by atoms with Crippen molar-refractivity contribution in [1.29, 1.82) is 0 Å². The summed E-state index contributed by atoms with van der Waals surface area (Å²) < 4.78 is 1.86. The Balaban J connectivity index is 0.00000450. The van der Waals surface area contributed by atoms with Gasteiger partial charge in [0.25, 0.3) is 5.91 Å². The lowest BCUT2D eigenvalue weighted by Gasteiger charge is -2.22. The zero-order chi connectivity index (χ0) is 21.4. The van der Waals surface area contributed by atoms with Gasteiger partial charge in [-0.25, -0.2) is 0 Å². The summed E-state index contributed by atoms with van der Waals surface area (Å²) >= 11 is 5.86. The van der Waals surface area contributed by atoms with E-state index in [2.05, 4.69) is 45.7 Å². The van der Waals surface area contributed by atoms with Gasteiger partial charge in [0.05, 0.1) is 12.2 Å². The van der Waals surface area contributed by atoms with Gasteiger partial charge in [0, 0.05) is 56.1 Å². The summed E-state index contributed by atoms with van der Waals surface area (Å²) in [7, 11) is 3.95. The number of aryl methyl sites for hydroxylation is 1. The molecule has 2 N–H and O–H groups in total. The number of nitrogens with zero attached hydrogens (tertiary/aromatic N) is 4. The second-order valence-corrected chi connectivity index (χ2v) is 7.66. The number of amides is 1. The molecule has 9 heteroatoms. The van der Waals surface area contributed by atoms with Gasteiger partial charge < -0.3 is 15.5 Å². The number of aromatic nitrogens is 2. The zero-order valence-corrected chi connectivity index (χ0v) is 21.4. The molecule has 166 valence electrons. The van der Waals surface area contributed by atoms with Gasteiger partial charge >= 0.3 is 0 Å². The Morgan fingerprint density at radius 2 is 1.93 bits per heavy atom. The Morgan fingerprint density at radius 3 is 2.53 bits per heavy atom. The average Bonchev–Trinajstić information content (AvgIpc) is 3.05. The minimum absolute atomic E-state index is 0. The maximum atomic E-state index is 12.2. The van der Waals surface area contributed by atoms with Crippen LogP contribution in [0.2, 0.25) is 5.02 Å². The molecule has 0 bridgehead atoms. The highest BCUT2D eigenvalue weighted by Crippen LogP contribution is 2.18. The van der Waals surface area contributed by atoms with Crippen LogP contribution < -0.4 is 10.6 Å². The largest absolute Gasteiger partial charge is 0.357 e. The molecule has 1 amide bonds. The Morgan fingerprint density at radius 1 is 1.27 bits per heavy atom. The van der Waals surface area contributed by atoms with Crippen LogP contribution >= 0.6 is 35.6 Å². The van der Waals surface area contributed by atoms with Crippen molar-refractivity contribution in [2.24, 2.45) is 12.0 Å². The topological polar surface area (TPSA) is 74.6 Å². The molecular weight excluding hydrogens is 515 g/mol. The van der Waals surface area contributed by atoms with E-state index in [0.717, 1.165) is 18.2 Å². The molecule has 2 rings (SSSR count). The first-order chi connectivity index (χ1) is 13.8. The number of carbonyl (C=O) groups excluding carboxylic acids is 1. The van der Waals surface area contributed by atoms with Crippen LogP contribution in [0.5, 0.6) is 0 Å². The molecular formula is C21H32ClIN6O. The van der Waals surface area contributed by atoms with Crippen LogP contribution in [0.3, 0.4) is 0 Å². The monoisotopic (exact) mass is 546 g/mol. The van der Waals surface area contributed by atoms with E-state index in [9.17, 15) is 4.79 Å². The third-order valence-corrected chi connectivity index (χ3v) is 4.61. The van der Waals surface area contributed by atoms with Gasteiger partial charge in [-0.3, -0.25) is 14.5 Å². The normalized spacial score (nSPS) is 11.2. The lowest BCUT2D eigenvalue weighted by Crippen LogP contribution is -2.39. The van der Waals surface area contributed by atoms with Gasteiger partial charge in [0.15, 0.2) is 5.96 Å². The summed E-state index contributed by atoms with van der Waals surface area (Å²) in [5, 5.41) is 11.4. The van der Waals surface area contributed by atoms with Crippen LogP contribution in [-0.4, -0.2) is 53.2 Å². The maximum Gasteiger partial charge on any atom is 0.251 e. The molecule has 0 aliphatic rings. The van der Waals surface area contributed by atoms with Crippen LogP contribution in [0.15, 0.2) is 35.5 Å². The average molecular weight is 547 g/mol. The second kappa shape index (κ2) is 12.8. The number of rotatable bonds is 8. The van der Waals surface area contributed by atoms with E-state index in [1.54, 1.807) is 24.3 Å². The SMILES string of the molecule is CCNC(=NCCNC(=O)c1ccc(Cl)cc1)N(C)Cc1cn(C)nc1C(C)C.I. The van der Waals surface area contributed by atoms with Crippen molar-refractivity contribution in [3.63, 3.8) is 0 Å². The molecule has 1 aromatic heterocycles. The predicted molar refractivity (Wildman–Crippen MR) is 134 cm³/mol. The molecule has 0 aliphatic carbocycles. The standard InChI is InChI=1S/C21H31ClN6O.HI/c1-6-23-21(27(4)13-17-14-28(5)26-19(17)15(2)3)25-12-11-24-20(29)16-7-9-18(22)10-8-16;/h7-10,14-15H,6,11-13H2,1-5H3,(H,23,25)(H,24,29);1H. The molecule has 30 heavy (non-hydrogen) atoms. The van der Waals surface area contributed by atoms with Crippen molar-refractivity contribution in [3.8, 4) is 0 Å². The van der Waals surface area contributed by atoms with E-state index < -0.39 is 0 Å². The van der Waals surface area contributed by atoms with E-state index in [4.69, 9.17) is 11.6 Å². The number of aliphatic imine (C=N–C) groups is 1. The molecule has 0 unspecified atom stereocenters. The first kappa shape index (κ1) is 26.2. The van der Waals surface area contributed by atoms with Gasteiger partial charge in [0.1, 0.15) is 0 Å². The number of hydrogen-bond acceptors (Lipinski definition) is 3. The number of halogens is 2. The van der Waals surface area contributed by atoms with E-state index in [0.29, 0.717) is 36.1 Å². The van der Waals surface area contributed by atoms with Gasteiger partial charge in [-0.2, -0.15) is 5.10 Å². The number of benzene rings is 1. The van der Waals surface area contributed by atoms with Crippen molar-refractivity contribution >= 4 is 47.4 Å². The van der Waals surface area contributed by atoms with Crippen molar-refractivity contribution in [3.05, 3.63) is 52.3 Å². The fourth-order valence-corrected chi connectivity index (χ4v) is 3.12. The van der Waals surface area contributed by atoms with E-state index in [1.807, 2.05) is 25.7 Å². The van der Waals surface area contributed by atoms with E-state index >= 15 is 0 Å².